The normalized spacial score (nSPS) is 26.5. The number of halogens is 2. The van der Waals surface area contributed by atoms with Crippen LogP contribution in [0.4, 0.5) is 4.79 Å². The molecule has 2 aliphatic heterocycles. The number of quaternary nitrogens is 1. The number of rotatable bonds is 3. The number of likely N-dealkylation sites (tertiary alicyclic amines) is 1. The Morgan fingerprint density at radius 3 is 2.37 bits per heavy atom. The highest BCUT2D eigenvalue weighted by atomic mass is 35.5. The molecular weight excluding hydrogens is 425 g/mol. The molecule has 2 saturated heterocycles. The van der Waals surface area contributed by atoms with Crippen LogP contribution < -0.4 is 10.1 Å². The quantitative estimate of drug-likeness (QED) is 0.655. The number of piperidine rings is 2. The number of nitrogens with one attached hydrogen (secondary N) is 1. The number of nitriles is 1. The SMILES string of the molecule is CC(C)(C)OC(=O)[N+]1(C2(C#N)CCNCC2)CCC(Oc2ccc(Cl)c(Cl)c2)CC1. The van der Waals surface area contributed by atoms with Gasteiger partial charge in [0, 0.05) is 44.8 Å². The highest BCUT2D eigenvalue weighted by Gasteiger charge is 2.60. The number of ether oxygens (including phenoxy) is 2. The van der Waals surface area contributed by atoms with Crippen molar-refractivity contribution in [1.29, 1.82) is 5.26 Å². The molecule has 6 nitrogen and oxygen atoms in total. The zero-order valence-corrected chi connectivity index (χ0v) is 19.4. The van der Waals surface area contributed by atoms with Crippen molar-refractivity contribution in [2.75, 3.05) is 26.2 Å². The van der Waals surface area contributed by atoms with Gasteiger partial charge in [-0.05, 0) is 32.9 Å². The van der Waals surface area contributed by atoms with Crippen LogP contribution in [0, 0.1) is 11.3 Å². The average molecular weight is 455 g/mol. The first-order valence-electron chi connectivity index (χ1n) is 10.5. The third-order valence-corrected chi connectivity index (χ3v) is 6.80. The van der Waals surface area contributed by atoms with Gasteiger partial charge in [-0.1, -0.05) is 23.2 Å². The molecule has 1 aromatic rings. The fourth-order valence-corrected chi connectivity index (χ4v) is 4.74. The molecule has 1 N–H and O–H groups in total. The predicted octanol–water partition coefficient (Wildman–Crippen LogP) is 4.93. The molecule has 2 fully saturated rings. The van der Waals surface area contributed by atoms with Crippen LogP contribution in [-0.4, -0.2) is 54.0 Å². The standard InChI is InChI=1S/C22H30Cl2N3O3/c1-21(2,3)30-20(28)27(22(15-25)8-10-26-11-9-22)12-6-16(7-13-27)29-17-4-5-18(23)19(24)14-17/h4-5,14,16,26H,6-13H2,1-3H3/q+1. The molecule has 3 rings (SSSR count). The van der Waals surface area contributed by atoms with Crippen LogP contribution in [0.5, 0.6) is 5.75 Å². The van der Waals surface area contributed by atoms with Gasteiger partial charge in [0.2, 0.25) is 0 Å². The maximum Gasteiger partial charge on any atom is 0.517 e. The van der Waals surface area contributed by atoms with Crippen molar-refractivity contribution >= 4 is 29.3 Å². The van der Waals surface area contributed by atoms with E-state index in [9.17, 15) is 10.1 Å². The van der Waals surface area contributed by atoms with Gasteiger partial charge in [-0.3, -0.25) is 0 Å². The monoisotopic (exact) mass is 454 g/mol. The number of hydrogen-bond donors (Lipinski definition) is 1. The highest BCUT2D eigenvalue weighted by molar-refractivity contribution is 6.42. The minimum Gasteiger partial charge on any atom is -0.490 e. The van der Waals surface area contributed by atoms with Gasteiger partial charge in [-0.2, -0.15) is 10.1 Å². The van der Waals surface area contributed by atoms with Crippen molar-refractivity contribution in [2.24, 2.45) is 0 Å². The highest BCUT2D eigenvalue weighted by Crippen LogP contribution is 2.40. The number of hydrogen-bond acceptors (Lipinski definition) is 5. The number of carbonyl (C=O) groups is 1. The second-order valence-corrected chi connectivity index (χ2v) is 10.00. The molecule has 1 amide bonds. The van der Waals surface area contributed by atoms with Gasteiger partial charge >= 0.3 is 6.09 Å². The molecule has 2 aliphatic rings. The van der Waals surface area contributed by atoms with Gasteiger partial charge < -0.3 is 14.8 Å². The van der Waals surface area contributed by atoms with Gasteiger partial charge in [-0.15, -0.1) is 0 Å². The van der Waals surface area contributed by atoms with Gasteiger partial charge in [0.05, 0.1) is 23.1 Å². The fraction of sp³-hybridized carbons (Fsp3) is 0.636. The van der Waals surface area contributed by atoms with Crippen LogP contribution in [0.15, 0.2) is 18.2 Å². The van der Waals surface area contributed by atoms with Crippen molar-refractivity contribution in [3.63, 3.8) is 0 Å². The maximum atomic E-state index is 13.5. The number of amides is 1. The lowest BCUT2D eigenvalue weighted by Gasteiger charge is -2.51. The van der Waals surface area contributed by atoms with E-state index in [0.717, 1.165) is 13.1 Å². The van der Waals surface area contributed by atoms with E-state index < -0.39 is 11.1 Å². The summed E-state index contributed by atoms with van der Waals surface area (Å²) in [7, 11) is 0. The maximum absolute atomic E-state index is 13.5. The lowest BCUT2D eigenvalue weighted by molar-refractivity contribution is -0.908. The first-order chi connectivity index (χ1) is 14.1. The molecule has 2 heterocycles. The van der Waals surface area contributed by atoms with Crippen LogP contribution in [0.25, 0.3) is 0 Å². The predicted molar refractivity (Wildman–Crippen MR) is 117 cm³/mol. The number of benzene rings is 1. The van der Waals surface area contributed by atoms with E-state index in [1.54, 1.807) is 18.2 Å². The Morgan fingerprint density at radius 2 is 1.83 bits per heavy atom. The van der Waals surface area contributed by atoms with E-state index in [0.29, 0.717) is 54.6 Å². The zero-order valence-electron chi connectivity index (χ0n) is 17.8. The minimum absolute atomic E-state index is 0.0453. The van der Waals surface area contributed by atoms with E-state index in [1.165, 1.54) is 0 Å². The molecule has 30 heavy (non-hydrogen) atoms. The van der Waals surface area contributed by atoms with Gasteiger partial charge in [0.25, 0.3) is 0 Å². The summed E-state index contributed by atoms with van der Waals surface area (Å²) in [5.74, 6) is 0.656. The number of carbonyl (C=O) groups excluding carboxylic acids is 1. The molecule has 0 saturated carbocycles. The molecular formula is C22H30Cl2N3O3+. The van der Waals surface area contributed by atoms with E-state index in [2.05, 4.69) is 11.4 Å². The van der Waals surface area contributed by atoms with Crippen LogP contribution in [0.1, 0.15) is 46.5 Å². The average Bonchev–Trinajstić information content (AvgIpc) is 2.70. The second kappa shape index (κ2) is 8.92. The van der Waals surface area contributed by atoms with Crippen LogP contribution in [0.3, 0.4) is 0 Å². The third kappa shape index (κ3) is 4.70. The van der Waals surface area contributed by atoms with Crippen molar-refractivity contribution < 1.29 is 18.8 Å². The summed E-state index contributed by atoms with van der Waals surface area (Å²) in [6.45, 7) is 8.05. The van der Waals surface area contributed by atoms with E-state index in [-0.39, 0.29) is 16.7 Å². The molecule has 0 unspecified atom stereocenters. The van der Waals surface area contributed by atoms with Crippen LogP contribution >= 0.6 is 23.2 Å². The summed E-state index contributed by atoms with van der Waals surface area (Å²) in [6, 6.07) is 7.74. The number of nitrogens with zero attached hydrogens (tertiary/aromatic N) is 2. The zero-order chi connectivity index (χ0) is 22.0. The summed E-state index contributed by atoms with van der Waals surface area (Å²) in [6.07, 6.45) is 2.18. The molecule has 0 atom stereocenters. The summed E-state index contributed by atoms with van der Waals surface area (Å²) in [4.78, 5) is 13.5. The fourth-order valence-electron chi connectivity index (χ4n) is 4.46. The Morgan fingerprint density at radius 1 is 1.20 bits per heavy atom. The van der Waals surface area contributed by atoms with E-state index in [4.69, 9.17) is 32.7 Å². The van der Waals surface area contributed by atoms with Crippen molar-refractivity contribution in [3.05, 3.63) is 28.2 Å². The van der Waals surface area contributed by atoms with E-state index >= 15 is 0 Å². The third-order valence-electron chi connectivity index (χ3n) is 6.06. The largest absolute Gasteiger partial charge is 0.517 e. The molecule has 0 bridgehead atoms. The lowest BCUT2D eigenvalue weighted by atomic mass is 9.83. The summed E-state index contributed by atoms with van der Waals surface area (Å²) < 4.78 is 12.0. The Kier molecular flexibility index (Phi) is 6.88. The molecule has 0 spiro atoms. The smallest absolute Gasteiger partial charge is 0.490 e. The molecule has 164 valence electrons. The van der Waals surface area contributed by atoms with Gasteiger partial charge in [0.15, 0.2) is 5.54 Å². The second-order valence-electron chi connectivity index (χ2n) is 9.18. The van der Waals surface area contributed by atoms with E-state index in [1.807, 2.05) is 20.8 Å². The summed E-state index contributed by atoms with van der Waals surface area (Å²) in [5, 5.41) is 14.4. The van der Waals surface area contributed by atoms with Crippen LogP contribution in [-0.2, 0) is 4.74 Å². The van der Waals surface area contributed by atoms with Gasteiger partial charge in [0.1, 0.15) is 23.5 Å². The minimum atomic E-state index is -0.776. The van der Waals surface area contributed by atoms with Gasteiger partial charge in [-0.25, -0.2) is 4.48 Å². The lowest BCUT2D eigenvalue weighted by Crippen LogP contribution is -2.72. The Hall–Kier alpha value is -1.52. The topological polar surface area (TPSA) is 71.4 Å². The van der Waals surface area contributed by atoms with Crippen molar-refractivity contribution in [3.8, 4) is 11.8 Å². The summed E-state index contributed by atoms with van der Waals surface area (Å²) >= 11 is 12.1. The Labute approximate surface area is 188 Å². The summed E-state index contributed by atoms with van der Waals surface area (Å²) in [5.41, 5.74) is -1.39. The molecule has 0 aliphatic carbocycles. The first kappa shape index (κ1) is 23.1. The molecule has 0 radical (unpaired) electrons. The Balaban J connectivity index is 1.82. The first-order valence-corrected chi connectivity index (χ1v) is 11.2. The van der Waals surface area contributed by atoms with Crippen molar-refractivity contribution in [2.45, 2.75) is 63.7 Å². The molecule has 8 heteroatoms. The van der Waals surface area contributed by atoms with Crippen molar-refractivity contribution in [1.82, 2.24) is 5.32 Å². The molecule has 0 aromatic heterocycles. The Bertz CT molecular complexity index is 818. The van der Waals surface area contributed by atoms with Crippen LogP contribution in [0.2, 0.25) is 10.0 Å². The molecule has 1 aromatic carbocycles.